The lowest BCUT2D eigenvalue weighted by atomic mass is 10.1. The van der Waals surface area contributed by atoms with Crippen molar-refractivity contribution in [2.75, 3.05) is 6.54 Å². The fourth-order valence-corrected chi connectivity index (χ4v) is 4.42. The number of ether oxygens (including phenoxy) is 3. The number of fused-ring (bicyclic) bond motifs is 1. The summed E-state index contributed by atoms with van der Waals surface area (Å²) < 4.78 is 17.8. The summed E-state index contributed by atoms with van der Waals surface area (Å²) in [6, 6.07) is 33.2. The zero-order valence-corrected chi connectivity index (χ0v) is 23.1. The molecule has 0 spiro atoms. The lowest BCUT2D eigenvalue weighted by Gasteiger charge is -2.27. The number of hydrogen-bond acceptors (Lipinski definition) is 4. The molecule has 0 radical (unpaired) electrons. The summed E-state index contributed by atoms with van der Waals surface area (Å²) in [5.74, 6) is 3.03. The molecule has 0 aliphatic carbocycles. The number of aromatic nitrogens is 1. The van der Waals surface area contributed by atoms with Gasteiger partial charge in [-0.25, -0.2) is 4.79 Å². The van der Waals surface area contributed by atoms with Gasteiger partial charge in [-0.3, -0.25) is 0 Å². The highest BCUT2D eigenvalue weighted by Gasteiger charge is 2.23. The van der Waals surface area contributed by atoms with Crippen molar-refractivity contribution in [1.82, 2.24) is 9.88 Å². The van der Waals surface area contributed by atoms with Gasteiger partial charge in [0, 0.05) is 30.2 Å². The van der Waals surface area contributed by atoms with Gasteiger partial charge >= 0.3 is 6.09 Å². The van der Waals surface area contributed by atoms with Crippen molar-refractivity contribution in [2.45, 2.75) is 39.3 Å². The Morgan fingerprint density at radius 2 is 1.38 bits per heavy atom. The molecule has 1 heterocycles. The number of amides is 1. The van der Waals surface area contributed by atoms with Crippen LogP contribution in [0.15, 0.2) is 109 Å². The van der Waals surface area contributed by atoms with Gasteiger partial charge in [0.25, 0.3) is 0 Å². The highest BCUT2D eigenvalue weighted by Crippen LogP contribution is 2.28. The first-order valence-electron chi connectivity index (χ1n) is 13.5. The molecule has 1 amide bonds. The standard InChI is InChI=1S/C34H34N2O4/c1-34(2,3)40-33(37)36(24-25-11-10-16-29(21-25)38-27-12-6-4-7-13-27)20-19-26-23-35-32-18-17-30(22-31(26)32)39-28-14-8-5-9-15-28/h4-18,21-23,35H,19-20,24H2,1-3H3. The molecule has 0 bridgehead atoms. The maximum absolute atomic E-state index is 13.3. The first-order valence-corrected chi connectivity index (χ1v) is 13.5. The third-order valence-corrected chi connectivity index (χ3v) is 6.27. The smallest absolute Gasteiger partial charge is 0.410 e. The van der Waals surface area contributed by atoms with E-state index in [4.69, 9.17) is 14.2 Å². The number of H-pyrrole nitrogens is 1. The van der Waals surface area contributed by atoms with Crippen LogP contribution in [-0.4, -0.2) is 28.1 Å². The molecule has 0 aliphatic rings. The SMILES string of the molecule is CC(C)(C)OC(=O)N(CCc1c[nH]c2ccc(Oc3ccccc3)cc12)Cc1cccc(Oc2ccccc2)c1. The van der Waals surface area contributed by atoms with Gasteiger partial charge in [0.1, 0.15) is 28.6 Å². The summed E-state index contributed by atoms with van der Waals surface area (Å²) >= 11 is 0. The number of nitrogens with one attached hydrogen (secondary N) is 1. The van der Waals surface area contributed by atoms with Crippen LogP contribution in [0.4, 0.5) is 4.79 Å². The minimum absolute atomic E-state index is 0.352. The van der Waals surface area contributed by atoms with Gasteiger partial charge in [0.2, 0.25) is 0 Å². The normalized spacial score (nSPS) is 11.3. The predicted molar refractivity (Wildman–Crippen MR) is 158 cm³/mol. The van der Waals surface area contributed by atoms with E-state index in [0.29, 0.717) is 19.5 Å². The maximum Gasteiger partial charge on any atom is 0.410 e. The number of nitrogens with zero attached hydrogens (tertiary/aromatic N) is 1. The monoisotopic (exact) mass is 534 g/mol. The molecule has 0 saturated carbocycles. The average Bonchev–Trinajstić information content (AvgIpc) is 3.33. The molecule has 0 unspecified atom stereocenters. The zero-order chi connectivity index (χ0) is 28.0. The van der Waals surface area contributed by atoms with Crippen molar-refractivity contribution in [3.63, 3.8) is 0 Å². The van der Waals surface area contributed by atoms with Gasteiger partial charge in [0.05, 0.1) is 0 Å². The molecule has 5 rings (SSSR count). The Kier molecular flexibility index (Phi) is 8.06. The highest BCUT2D eigenvalue weighted by atomic mass is 16.6. The summed E-state index contributed by atoms with van der Waals surface area (Å²) in [4.78, 5) is 18.4. The van der Waals surface area contributed by atoms with E-state index in [1.807, 2.05) is 130 Å². The number of aromatic amines is 1. The quantitative estimate of drug-likeness (QED) is 0.205. The van der Waals surface area contributed by atoms with Crippen LogP contribution in [0.2, 0.25) is 0 Å². The molecular weight excluding hydrogens is 500 g/mol. The number of para-hydroxylation sites is 2. The van der Waals surface area contributed by atoms with Crippen molar-refractivity contribution in [3.05, 3.63) is 120 Å². The van der Waals surface area contributed by atoms with Crippen LogP contribution in [0.25, 0.3) is 10.9 Å². The van der Waals surface area contributed by atoms with Crippen molar-refractivity contribution in [2.24, 2.45) is 0 Å². The third kappa shape index (κ3) is 7.23. The summed E-state index contributed by atoms with van der Waals surface area (Å²) in [5, 5.41) is 1.07. The molecule has 6 nitrogen and oxygen atoms in total. The number of rotatable bonds is 9. The molecule has 0 saturated heterocycles. The minimum Gasteiger partial charge on any atom is -0.457 e. The van der Waals surface area contributed by atoms with Crippen LogP contribution in [0.5, 0.6) is 23.0 Å². The second-order valence-corrected chi connectivity index (χ2v) is 10.7. The number of carbonyl (C=O) groups is 1. The Labute approximate surface area is 235 Å². The Bertz CT molecular complexity index is 1560. The fraction of sp³-hybridized carbons (Fsp3) is 0.206. The van der Waals surface area contributed by atoms with E-state index in [2.05, 4.69) is 4.98 Å². The topological polar surface area (TPSA) is 63.8 Å². The molecule has 0 fully saturated rings. The first kappa shape index (κ1) is 26.9. The molecular formula is C34H34N2O4. The van der Waals surface area contributed by atoms with E-state index < -0.39 is 5.60 Å². The summed E-state index contributed by atoms with van der Waals surface area (Å²) in [6.45, 7) is 6.52. The van der Waals surface area contributed by atoms with Crippen molar-refractivity contribution < 1.29 is 19.0 Å². The van der Waals surface area contributed by atoms with Gasteiger partial charge in [0.15, 0.2) is 0 Å². The van der Waals surface area contributed by atoms with Crippen LogP contribution in [0.1, 0.15) is 31.9 Å². The largest absolute Gasteiger partial charge is 0.457 e. The molecule has 204 valence electrons. The van der Waals surface area contributed by atoms with Gasteiger partial charge in [-0.1, -0.05) is 48.5 Å². The van der Waals surface area contributed by atoms with E-state index in [-0.39, 0.29) is 6.09 Å². The lowest BCUT2D eigenvalue weighted by molar-refractivity contribution is 0.0236. The van der Waals surface area contributed by atoms with Crippen molar-refractivity contribution >= 4 is 17.0 Å². The second kappa shape index (κ2) is 12.0. The molecule has 5 aromatic rings. The van der Waals surface area contributed by atoms with Gasteiger partial charge in [-0.2, -0.15) is 0 Å². The van der Waals surface area contributed by atoms with Gasteiger partial charge in [-0.15, -0.1) is 0 Å². The average molecular weight is 535 g/mol. The van der Waals surface area contributed by atoms with Crippen LogP contribution in [0.3, 0.4) is 0 Å². The Morgan fingerprint density at radius 1 is 0.750 bits per heavy atom. The summed E-state index contributed by atoms with van der Waals surface area (Å²) in [5.41, 5.74) is 2.47. The molecule has 0 aliphatic heterocycles. The van der Waals surface area contributed by atoms with Crippen LogP contribution < -0.4 is 9.47 Å². The first-order chi connectivity index (χ1) is 19.3. The van der Waals surface area contributed by atoms with Gasteiger partial charge in [-0.05, 0) is 92.9 Å². The van der Waals surface area contributed by atoms with Crippen molar-refractivity contribution in [1.29, 1.82) is 0 Å². The zero-order valence-electron chi connectivity index (χ0n) is 23.1. The molecule has 1 aromatic heterocycles. The van der Waals surface area contributed by atoms with Crippen LogP contribution in [0, 0.1) is 0 Å². The van der Waals surface area contributed by atoms with E-state index in [9.17, 15) is 4.79 Å². The second-order valence-electron chi connectivity index (χ2n) is 10.7. The number of benzene rings is 4. The molecule has 4 aromatic carbocycles. The molecule has 0 atom stereocenters. The minimum atomic E-state index is -0.599. The summed E-state index contributed by atoms with van der Waals surface area (Å²) in [7, 11) is 0. The fourth-order valence-electron chi connectivity index (χ4n) is 4.42. The predicted octanol–water partition coefficient (Wildman–Crippen LogP) is 8.73. The van der Waals surface area contributed by atoms with E-state index >= 15 is 0 Å². The van der Waals surface area contributed by atoms with Crippen LogP contribution >= 0.6 is 0 Å². The lowest BCUT2D eigenvalue weighted by Crippen LogP contribution is -2.37. The Balaban J connectivity index is 1.33. The van der Waals surface area contributed by atoms with E-state index in [1.165, 1.54) is 0 Å². The number of hydrogen-bond donors (Lipinski definition) is 1. The van der Waals surface area contributed by atoms with Crippen LogP contribution in [-0.2, 0) is 17.7 Å². The Morgan fingerprint density at radius 3 is 2.02 bits per heavy atom. The van der Waals surface area contributed by atoms with E-state index in [0.717, 1.165) is 45.0 Å². The van der Waals surface area contributed by atoms with Crippen molar-refractivity contribution in [3.8, 4) is 23.0 Å². The highest BCUT2D eigenvalue weighted by molar-refractivity contribution is 5.84. The molecule has 40 heavy (non-hydrogen) atoms. The van der Waals surface area contributed by atoms with E-state index in [1.54, 1.807) is 4.90 Å². The van der Waals surface area contributed by atoms with Gasteiger partial charge < -0.3 is 24.1 Å². The third-order valence-electron chi connectivity index (χ3n) is 6.27. The molecule has 1 N–H and O–H groups in total. The molecule has 6 heteroatoms. The summed E-state index contributed by atoms with van der Waals surface area (Å²) in [6.07, 6.45) is 2.29. The Hall–Kier alpha value is -4.71. The number of carbonyl (C=O) groups excluding carboxylic acids is 1. The maximum atomic E-state index is 13.3.